The molecule has 1 N–H and O–H groups in total. The molecule has 0 bridgehead atoms. The Labute approximate surface area is 99.5 Å². The Kier molecular flexibility index (Phi) is 3.13. The molecule has 1 unspecified atom stereocenters. The van der Waals surface area contributed by atoms with Crippen LogP contribution in [0.25, 0.3) is 0 Å². The van der Waals surface area contributed by atoms with Gasteiger partial charge in [0, 0.05) is 10.7 Å². The molecule has 1 atom stereocenters. The lowest BCUT2D eigenvalue weighted by Gasteiger charge is -2.10. The average Bonchev–Trinajstić information content (AvgIpc) is 2.58. The van der Waals surface area contributed by atoms with Crippen molar-refractivity contribution in [2.75, 3.05) is 5.75 Å². The van der Waals surface area contributed by atoms with Crippen molar-refractivity contribution in [1.82, 2.24) is 0 Å². The van der Waals surface area contributed by atoms with Crippen molar-refractivity contribution in [3.8, 4) is 5.75 Å². The van der Waals surface area contributed by atoms with Crippen LogP contribution in [0.4, 0.5) is 0 Å². The molecule has 0 saturated carbocycles. The zero-order chi connectivity index (χ0) is 11.8. The molecule has 0 aromatic heterocycles. The first-order valence-electron chi connectivity index (χ1n) is 5.20. The summed E-state index contributed by atoms with van der Waals surface area (Å²) in [5, 5.41) is 9.63. The fourth-order valence-electron chi connectivity index (χ4n) is 2.30. The van der Waals surface area contributed by atoms with Gasteiger partial charge in [0.15, 0.2) is 0 Å². The summed E-state index contributed by atoms with van der Waals surface area (Å²) in [4.78, 5) is 0. The standard InChI is InChI=1S/C11H13ClO3S/c12-16(14,15)7-6-8-4-5-10-9(8)2-1-3-11(10)13/h1-3,8,13H,4-7H2. The van der Waals surface area contributed by atoms with Crippen LogP contribution in [0.15, 0.2) is 18.2 Å². The second-order valence-electron chi connectivity index (χ2n) is 4.11. The Morgan fingerprint density at radius 3 is 2.88 bits per heavy atom. The number of aromatic hydroxyl groups is 1. The van der Waals surface area contributed by atoms with Gasteiger partial charge in [-0.15, -0.1) is 0 Å². The van der Waals surface area contributed by atoms with Crippen molar-refractivity contribution in [2.45, 2.75) is 25.2 Å². The molecule has 0 aliphatic heterocycles. The normalized spacial score (nSPS) is 19.7. The lowest BCUT2D eigenvalue weighted by atomic mass is 9.99. The number of phenolic OH excluding ortho intramolecular Hbond substituents is 1. The summed E-state index contributed by atoms with van der Waals surface area (Å²) in [6.07, 6.45) is 2.23. The van der Waals surface area contributed by atoms with E-state index in [1.54, 1.807) is 12.1 Å². The van der Waals surface area contributed by atoms with Gasteiger partial charge in [-0.3, -0.25) is 0 Å². The molecule has 1 aliphatic carbocycles. The van der Waals surface area contributed by atoms with E-state index in [0.717, 1.165) is 24.0 Å². The minimum absolute atomic E-state index is 0.00564. The van der Waals surface area contributed by atoms with Crippen molar-refractivity contribution >= 4 is 19.7 Å². The summed E-state index contributed by atoms with van der Waals surface area (Å²) in [6.45, 7) is 0. The van der Waals surface area contributed by atoms with E-state index in [0.29, 0.717) is 12.2 Å². The van der Waals surface area contributed by atoms with Gasteiger partial charge in [0.1, 0.15) is 5.75 Å². The first-order valence-corrected chi connectivity index (χ1v) is 7.68. The number of fused-ring (bicyclic) bond motifs is 1. The van der Waals surface area contributed by atoms with E-state index in [2.05, 4.69) is 0 Å². The van der Waals surface area contributed by atoms with E-state index in [9.17, 15) is 13.5 Å². The maximum absolute atomic E-state index is 10.9. The molecule has 0 amide bonds. The highest BCUT2D eigenvalue weighted by atomic mass is 35.7. The van der Waals surface area contributed by atoms with Crippen LogP contribution in [-0.4, -0.2) is 19.3 Å². The maximum Gasteiger partial charge on any atom is 0.232 e. The SMILES string of the molecule is O=S(=O)(Cl)CCC1CCc2c(O)cccc21. The van der Waals surface area contributed by atoms with Gasteiger partial charge in [0.25, 0.3) is 0 Å². The Balaban J connectivity index is 2.15. The molecule has 16 heavy (non-hydrogen) atoms. The highest BCUT2D eigenvalue weighted by molar-refractivity contribution is 8.13. The van der Waals surface area contributed by atoms with Crippen LogP contribution in [0.5, 0.6) is 5.75 Å². The summed E-state index contributed by atoms with van der Waals surface area (Å²) in [5.41, 5.74) is 2.03. The predicted molar refractivity (Wildman–Crippen MR) is 63.4 cm³/mol. The molecule has 88 valence electrons. The van der Waals surface area contributed by atoms with E-state index < -0.39 is 9.05 Å². The third-order valence-corrected chi connectivity index (χ3v) is 4.27. The fraction of sp³-hybridized carbons (Fsp3) is 0.455. The third-order valence-electron chi connectivity index (χ3n) is 3.08. The lowest BCUT2D eigenvalue weighted by Crippen LogP contribution is -2.03. The quantitative estimate of drug-likeness (QED) is 0.849. The summed E-state index contributed by atoms with van der Waals surface area (Å²) in [6, 6.07) is 5.41. The van der Waals surface area contributed by atoms with Crippen LogP contribution >= 0.6 is 10.7 Å². The van der Waals surface area contributed by atoms with Crippen molar-refractivity contribution in [3.05, 3.63) is 29.3 Å². The molecule has 2 rings (SSSR count). The predicted octanol–water partition coefficient (Wildman–Crippen LogP) is 2.38. The first-order chi connectivity index (χ1) is 7.47. The number of hydrogen-bond donors (Lipinski definition) is 1. The molecule has 1 aromatic rings. The van der Waals surface area contributed by atoms with Crippen LogP contribution in [-0.2, 0) is 15.5 Å². The molecule has 0 radical (unpaired) electrons. The molecular weight excluding hydrogens is 248 g/mol. The largest absolute Gasteiger partial charge is 0.508 e. The Bertz CT molecular complexity index is 496. The van der Waals surface area contributed by atoms with Gasteiger partial charge < -0.3 is 5.11 Å². The van der Waals surface area contributed by atoms with E-state index in [1.165, 1.54) is 0 Å². The van der Waals surface area contributed by atoms with Gasteiger partial charge in [0.2, 0.25) is 9.05 Å². The van der Waals surface area contributed by atoms with Gasteiger partial charge in [-0.05, 0) is 42.4 Å². The number of phenols is 1. The molecule has 3 nitrogen and oxygen atoms in total. The molecule has 0 fully saturated rings. The second kappa shape index (κ2) is 4.26. The monoisotopic (exact) mass is 260 g/mol. The smallest absolute Gasteiger partial charge is 0.232 e. The van der Waals surface area contributed by atoms with Crippen LogP contribution in [0.2, 0.25) is 0 Å². The zero-order valence-electron chi connectivity index (χ0n) is 8.69. The van der Waals surface area contributed by atoms with Gasteiger partial charge in [-0.25, -0.2) is 8.42 Å². The topological polar surface area (TPSA) is 54.4 Å². The zero-order valence-corrected chi connectivity index (χ0v) is 10.3. The highest BCUT2D eigenvalue weighted by Gasteiger charge is 2.25. The Morgan fingerprint density at radius 1 is 1.44 bits per heavy atom. The van der Waals surface area contributed by atoms with Crippen molar-refractivity contribution in [2.24, 2.45) is 0 Å². The van der Waals surface area contributed by atoms with Crippen molar-refractivity contribution < 1.29 is 13.5 Å². The summed E-state index contributed by atoms with van der Waals surface area (Å²) in [7, 11) is 1.78. The molecular formula is C11H13ClO3S. The van der Waals surface area contributed by atoms with E-state index in [1.807, 2.05) is 6.07 Å². The summed E-state index contributed by atoms with van der Waals surface area (Å²) >= 11 is 0. The van der Waals surface area contributed by atoms with Gasteiger partial charge >= 0.3 is 0 Å². The van der Waals surface area contributed by atoms with Crippen LogP contribution < -0.4 is 0 Å². The minimum atomic E-state index is -3.41. The van der Waals surface area contributed by atoms with Gasteiger partial charge in [0.05, 0.1) is 5.75 Å². The third kappa shape index (κ3) is 2.50. The average molecular weight is 261 g/mol. The fourth-order valence-corrected chi connectivity index (χ4v) is 3.14. The van der Waals surface area contributed by atoms with E-state index in [-0.39, 0.29) is 11.7 Å². The number of rotatable bonds is 3. The molecule has 0 heterocycles. The van der Waals surface area contributed by atoms with E-state index in [4.69, 9.17) is 10.7 Å². The molecule has 1 aliphatic rings. The van der Waals surface area contributed by atoms with Crippen LogP contribution in [0.3, 0.4) is 0 Å². The van der Waals surface area contributed by atoms with Crippen LogP contribution in [0.1, 0.15) is 29.9 Å². The van der Waals surface area contributed by atoms with Crippen molar-refractivity contribution in [1.29, 1.82) is 0 Å². The minimum Gasteiger partial charge on any atom is -0.508 e. The molecule has 1 aromatic carbocycles. The van der Waals surface area contributed by atoms with Gasteiger partial charge in [-0.2, -0.15) is 0 Å². The summed E-state index contributed by atoms with van der Waals surface area (Å²) < 4.78 is 21.8. The number of halogens is 1. The first kappa shape index (κ1) is 11.7. The second-order valence-corrected chi connectivity index (χ2v) is 7.01. The van der Waals surface area contributed by atoms with E-state index >= 15 is 0 Å². The highest BCUT2D eigenvalue weighted by Crippen LogP contribution is 2.39. The number of hydrogen-bond acceptors (Lipinski definition) is 3. The number of benzene rings is 1. The molecule has 0 saturated heterocycles. The van der Waals surface area contributed by atoms with Crippen molar-refractivity contribution in [3.63, 3.8) is 0 Å². The Hall–Kier alpha value is -0.740. The maximum atomic E-state index is 10.9. The van der Waals surface area contributed by atoms with Gasteiger partial charge in [-0.1, -0.05) is 12.1 Å². The lowest BCUT2D eigenvalue weighted by molar-refractivity contribution is 0.469. The summed E-state index contributed by atoms with van der Waals surface area (Å²) in [5.74, 6) is 0.512. The molecule has 5 heteroatoms. The Morgan fingerprint density at radius 2 is 2.19 bits per heavy atom. The van der Waals surface area contributed by atoms with Crippen LogP contribution in [0, 0.1) is 0 Å². The molecule has 0 spiro atoms.